The molecule has 0 aliphatic carbocycles. The summed E-state index contributed by atoms with van der Waals surface area (Å²) in [6, 6.07) is 12.5. The minimum absolute atomic E-state index is 0.00991. The second-order valence-electron chi connectivity index (χ2n) is 5.37. The van der Waals surface area contributed by atoms with E-state index >= 15 is 0 Å². The van der Waals surface area contributed by atoms with Crippen LogP contribution in [0.5, 0.6) is 11.5 Å². The Kier molecular flexibility index (Phi) is 7.30. The fourth-order valence-electron chi connectivity index (χ4n) is 2.10. The van der Waals surface area contributed by atoms with Gasteiger partial charge in [-0.2, -0.15) is 5.10 Å². The second-order valence-corrected chi connectivity index (χ2v) is 5.37. The molecule has 0 saturated heterocycles. The van der Waals surface area contributed by atoms with E-state index in [9.17, 15) is 14.0 Å². The smallest absolute Gasteiger partial charge is 0.341 e. The van der Waals surface area contributed by atoms with Crippen molar-refractivity contribution in [3.63, 3.8) is 0 Å². The SMILES string of the molecule is CC/C(=N/NC(=O)COc1ccccc1F)c1ccc(OCC(=O)O)cc1. The number of halogens is 1. The van der Waals surface area contributed by atoms with Gasteiger partial charge in [-0.05, 0) is 48.4 Å². The summed E-state index contributed by atoms with van der Waals surface area (Å²) in [7, 11) is 0. The van der Waals surface area contributed by atoms with Crippen LogP contribution < -0.4 is 14.9 Å². The van der Waals surface area contributed by atoms with E-state index < -0.39 is 24.3 Å². The number of rotatable bonds is 9. The van der Waals surface area contributed by atoms with Gasteiger partial charge in [0.25, 0.3) is 5.91 Å². The van der Waals surface area contributed by atoms with Gasteiger partial charge < -0.3 is 14.6 Å². The quantitative estimate of drug-likeness (QED) is 0.519. The summed E-state index contributed by atoms with van der Waals surface area (Å²) in [5.74, 6) is -1.72. The first-order valence-electron chi connectivity index (χ1n) is 8.17. The molecule has 2 aromatic carbocycles. The highest BCUT2D eigenvalue weighted by Gasteiger charge is 2.07. The van der Waals surface area contributed by atoms with Gasteiger partial charge in [0.2, 0.25) is 0 Å². The molecule has 0 aliphatic heterocycles. The topological polar surface area (TPSA) is 97.2 Å². The molecule has 0 aromatic heterocycles. The number of carbonyl (C=O) groups is 2. The summed E-state index contributed by atoms with van der Waals surface area (Å²) in [6.07, 6.45) is 0.545. The molecule has 0 heterocycles. The lowest BCUT2D eigenvalue weighted by molar-refractivity contribution is -0.139. The van der Waals surface area contributed by atoms with E-state index in [4.69, 9.17) is 14.6 Å². The number of aliphatic carboxylic acids is 1. The standard InChI is InChI=1S/C19H19FN2O5/c1-2-16(13-7-9-14(10-8-13)26-12-19(24)25)21-22-18(23)11-27-17-6-4-3-5-15(17)20/h3-10H,2,11-12H2,1H3,(H,22,23)(H,24,25)/b21-16-. The minimum atomic E-state index is -1.06. The Balaban J connectivity index is 1.92. The van der Waals surface area contributed by atoms with Crippen LogP contribution in [0.3, 0.4) is 0 Å². The number of amides is 1. The zero-order valence-electron chi connectivity index (χ0n) is 14.6. The number of hydrogen-bond donors (Lipinski definition) is 2. The van der Waals surface area contributed by atoms with Gasteiger partial charge in [0.05, 0.1) is 5.71 Å². The number of ether oxygens (including phenoxy) is 2. The maximum absolute atomic E-state index is 13.4. The number of nitrogens with one attached hydrogen (secondary N) is 1. The molecule has 0 spiro atoms. The minimum Gasteiger partial charge on any atom is -0.482 e. The molecule has 0 radical (unpaired) electrons. The lowest BCUT2D eigenvalue weighted by Gasteiger charge is -2.08. The Hall–Kier alpha value is -3.42. The number of carboxylic acids is 1. The number of nitrogens with zero attached hydrogens (tertiary/aromatic N) is 1. The van der Waals surface area contributed by atoms with Crippen molar-refractivity contribution in [1.29, 1.82) is 0 Å². The Bertz CT molecular complexity index is 821. The average molecular weight is 374 g/mol. The average Bonchev–Trinajstić information content (AvgIpc) is 2.67. The van der Waals surface area contributed by atoms with Crippen molar-refractivity contribution >= 4 is 17.6 Å². The number of carbonyl (C=O) groups excluding carboxylic acids is 1. The van der Waals surface area contributed by atoms with Gasteiger partial charge in [-0.15, -0.1) is 0 Å². The monoisotopic (exact) mass is 374 g/mol. The molecule has 8 heteroatoms. The van der Waals surface area contributed by atoms with E-state index in [0.717, 1.165) is 5.56 Å². The van der Waals surface area contributed by atoms with Crippen LogP contribution in [0.2, 0.25) is 0 Å². The van der Waals surface area contributed by atoms with Crippen LogP contribution in [-0.4, -0.2) is 35.9 Å². The van der Waals surface area contributed by atoms with E-state index in [-0.39, 0.29) is 12.4 Å². The maximum Gasteiger partial charge on any atom is 0.341 e. The van der Waals surface area contributed by atoms with Crippen LogP contribution in [0.15, 0.2) is 53.6 Å². The van der Waals surface area contributed by atoms with E-state index in [2.05, 4.69) is 10.5 Å². The molecule has 142 valence electrons. The Morgan fingerprint density at radius 2 is 1.78 bits per heavy atom. The van der Waals surface area contributed by atoms with Crippen LogP contribution in [0.1, 0.15) is 18.9 Å². The molecule has 0 fully saturated rings. The van der Waals surface area contributed by atoms with Crippen LogP contribution in [-0.2, 0) is 9.59 Å². The molecule has 0 unspecified atom stereocenters. The van der Waals surface area contributed by atoms with Gasteiger partial charge in [0.15, 0.2) is 24.8 Å². The largest absolute Gasteiger partial charge is 0.482 e. The highest BCUT2D eigenvalue weighted by Crippen LogP contribution is 2.15. The van der Waals surface area contributed by atoms with Gasteiger partial charge in [0, 0.05) is 0 Å². The van der Waals surface area contributed by atoms with Gasteiger partial charge >= 0.3 is 5.97 Å². The zero-order valence-corrected chi connectivity index (χ0v) is 14.6. The first kappa shape index (κ1) is 19.9. The molecule has 7 nitrogen and oxygen atoms in total. The van der Waals surface area contributed by atoms with Crippen molar-refractivity contribution in [3.8, 4) is 11.5 Å². The fraction of sp³-hybridized carbons (Fsp3) is 0.211. The van der Waals surface area contributed by atoms with Crippen molar-refractivity contribution in [3.05, 3.63) is 59.9 Å². The summed E-state index contributed by atoms with van der Waals surface area (Å²) in [5.41, 5.74) is 3.73. The molecule has 1 amide bonds. The van der Waals surface area contributed by atoms with Crippen LogP contribution in [0.25, 0.3) is 0 Å². The Morgan fingerprint density at radius 3 is 2.41 bits per heavy atom. The summed E-state index contributed by atoms with van der Waals surface area (Å²) in [5, 5.41) is 12.7. The van der Waals surface area contributed by atoms with Gasteiger partial charge in [-0.25, -0.2) is 14.6 Å². The first-order chi connectivity index (χ1) is 13.0. The fourth-order valence-corrected chi connectivity index (χ4v) is 2.10. The van der Waals surface area contributed by atoms with Crippen molar-refractivity contribution < 1.29 is 28.6 Å². The normalized spacial score (nSPS) is 11.0. The Morgan fingerprint density at radius 1 is 1.07 bits per heavy atom. The number of hydrazone groups is 1. The highest BCUT2D eigenvalue weighted by molar-refractivity contribution is 6.01. The second kappa shape index (κ2) is 9.91. The van der Waals surface area contributed by atoms with Gasteiger partial charge in [0.1, 0.15) is 5.75 Å². The molecule has 2 aromatic rings. The predicted molar refractivity (Wildman–Crippen MR) is 96.4 cm³/mol. The Labute approximate surface area is 155 Å². The predicted octanol–water partition coefficient (Wildman–Crippen LogP) is 2.60. The summed E-state index contributed by atoms with van der Waals surface area (Å²) in [6.45, 7) is 1.07. The van der Waals surface area contributed by atoms with Gasteiger partial charge in [-0.3, -0.25) is 4.79 Å². The van der Waals surface area contributed by atoms with E-state index in [0.29, 0.717) is 17.9 Å². The third-order valence-electron chi connectivity index (χ3n) is 3.40. The molecular weight excluding hydrogens is 355 g/mol. The summed E-state index contributed by atoms with van der Waals surface area (Å²) in [4.78, 5) is 22.3. The molecule has 0 saturated carbocycles. The van der Waals surface area contributed by atoms with Crippen LogP contribution in [0, 0.1) is 5.82 Å². The van der Waals surface area contributed by atoms with E-state index in [1.807, 2.05) is 6.92 Å². The van der Waals surface area contributed by atoms with Crippen molar-refractivity contribution in [2.24, 2.45) is 5.10 Å². The van der Waals surface area contributed by atoms with Gasteiger partial charge in [-0.1, -0.05) is 19.1 Å². The third-order valence-corrected chi connectivity index (χ3v) is 3.40. The van der Waals surface area contributed by atoms with E-state index in [1.165, 1.54) is 18.2 Å². The number of hydrogen-bond acceptors (Lipinski definition) is 5. The molecular formula is C19H19FN2O5. The molecule has 27 heavy (non-hydrogen) atoms. The third kappa shape index (κ3) is 6.43. The maximum atomic E-state index is 13.4. The number of para-hydroxylation sites is 1. The molecule has 0 bridgehead atoms. The van der Waals surface area contributed by atoms with Crippen molar-refractivity contribution in [1.82, 2.24) is 5.43 Å². The number of benzene rings is 2. The summed E-state index contributed by atoms with van der Waals surface area (Å²) < 4.78 is 23.6. The lowest BCUT2D eigenvalue weighted by atomic mass is 10.1. The summed E-state index contributed by atoms with van der Waals surface area (Å²) >= 11 is 0. The molecule has 2 N–H and O–H groups in total. The molecule has 0 atom stereocenters. The number of carboxylic acid groups (broad SMARTS) is 1. The van der Waals surface area contributed by atoms with Crippen LogP contribution >= 0.6 is 0 Å². The van der Waals surface area contributed by atoms with Crippen LogP contribution in [0.4, 0.5) is 4.39 Å². The highest BCUT2D eigenvalue weighted by atomic mass is 19.1. The molecule has 0 aliphatic rings. The first-order valence-corrected chi connectivity index (χ1v) is 8.17. The van der Waals surface area contributed by atoms with Crippen molar-refractivity contribution in [2.75, 3.05) is 13.2 Å². The lowest BCUT2D eigenvalue weighted by Crippen LogP contribution is -2.26. The van der Waals surface area contributed by atoms with Crippen molar-refractivity contribution in [2.45, 2.75) is 13.3 Å². The zero-order chi connectivity index (χ0) is 19.6. The van der Waals surface area contributed by atoms with E-state index in [1.54, 1.807) is 30.3 Å². The molecule has 2 rings (SSSR count).